The van der Waals surface area contributed by atoms with Gasteiger partial charge in [0.1, 0.15) is 0 Å². The standard InChI is InChI=1S/C9H8N4/c10-7-9-4-2-1-3-8(9)5-6-12-13-11/h1-4H,5-6H2. The summed E-state index contributed by atoms with van der Waals surface area (Å²) in [5.74, 6) is 0. The number of nitriles is 1. The molecule has 1 aromatic rings. The molecule has 0 radical (unpaired) electrons. The van der Waals surface area contributed by atoms with Gasteiger partial charge >= 0.3 is 0 Å². The van der Waals surface area contributed by atoms with Gasteiger partial charge in [-0.05, 0) is 23.6 Å². The normalized spacial score (nSPS) is 8.54. The molecule has 1 rings (SSSR count). The summed E-state index contributed by atoms with van der Waals surface area (Å²) in [6, 6.07) is 9.39. The van der Waals surface area contributed by atoms with E-state index in [1.807, 2.05) is 18.2 Å². The van der Waals surface area contributed by atoms with Gasteiger partial charge in [-0.3, -0.25) is 0 Å². The fraction of sp³-hybridized carbons (Fsp3) is 0.222. The van der Waals surface area contributed by atoms with Crippen molar-refractivity contribution in [2.45, 2.75) is 6.42 Å². The third-order valence-corrected chi connectivity index (χ3v) is 1.68. The zero-order valence-electron chi connectivity index (χ0n) is 7.01. The van der Waals surface area contributed by atoms with Crippen molar-refractivity contribution in [1.29, 1.82) is 5.26 Å². The van der Waals surface area contributed by atoms with Crippen LogP contribution in [0, 0.1) is 11.3 Å². The lowest BCUT2D eigenvalue weighted by Crippen LogP contribution is -1.92. The SMILES string of the molecule is N#Cc1ccccc1CCN=[N+]=[N-]. The first-order valence-electron chi connectivity index (χ1n) is 3.87. The minimum atomic E-state index is 0.398. The summed E-state index contributed by atoms with van der Waals surface area (Å²) in [5.41, 5.74) is 9.64. The summed E-state index contributed by atoms with van der Waals surface area (Å²) in [5, 5.41) is 12.1. The van der Waals surface area contributed by atoms with Gasteiger partial charge in [0.05, 0.1) is 11.6 Å². The molecule has 0 bridgehead atoms. The van der Waals surface area contributed by atoms with Crippen molar-refractivity contribution in [3.05, 3.63) is 45.8 Å². The largest absolute Gasteiger partial charge is 0.192 e. The zero-order valence-corrected chi connectivity index (χ0v) is 7.01. The first-order chi connectivity index (χ1) is 6.38. The monoisotopic (exact) mass is 172 g/mol. The molecule has 0 heterocycles. The van der Waals surface area contributed by atoms with Gasteiger partial charge in [0.2, 0.25) is 0 Å². The van der Waals surface area contributed by atoms with Gasteiger partial charge in [-0.15, -0.1) is 0 Å². The molecule has 0 spiro atoms. The van der Waals surface area contributed by atoms with Crippen LogP contribution in [0.5, 0.6) is 0 Å². The molecule has 4 heteroatoms. The Morgan fingerprint density at radius 1 is 1.46 bits per heavy atom. The second-order valence-corrected chi connectivity index (χ2v) is 2.47. The average Bonchev–Trinajstić information content (AvgIpc) is 2.19. The molecule has 13 heavy (non-hydrogen) atoms. The maximum Gasteiger partial charge on any atom is 0.0994 e. The van der Waals surface area contributed by atoms with Gasteiger partial charge in [-0.2, -0.15) is 5.26 Å². The Balaban J connectivity index is 2.76. The van der Waals surface area contributed by atoms with Gasteiger partial charge < -0.3 is 0 Å². The van der Waals surface area contributed by atoms with Gasteiger partial charge in [0.15, 0.2) is 0 Å². The highest BCUT2D eigenvalue weighted by Crippen LogP contribution is 2.07. The van der Waals surface area contributed by atoms with E-state index in [9.17, 15) is 0 Å². The molecule has 0 N–H and O–H groups in total. The fourth-order valence-corrected chi connectivity index (χ4v) is 1.06. The van der Waals surface area contributed by atoms with Crippen LogP contribution in [0.2, 0.25) is 0 Å². The molecule has 64 valence electrons. The van der Waals surface area contributed by atoms with E-state index in [4.69, 9.17) is 10.8 Å². The lowest BCUT2D eigenvalue weighted by atomic mass is 10.1. The van der Waals surface area contributed by atoms with E-state index < -0.39 is 0 Å². The van der Waals surface area contributed by atoms with Crippen molar-refractivity contribution in [2.24, 2.45) is 5.11 Å². The summed E-state index contributed by atoms with van der Waals surface area (Å²) in [6.45, 7) is 0.398. The van der Waals surface area contributed by atoms with Crippen molar-refractivity contribution in [3.63, 3.8) is 0 Å². The Morgan fingerprint density at radius 3 is 2.92 bits per heavy atom. The highest BCUT2D eigenvalue weighted by Gasteiger charge is 1.98. The van der Waals surface area contributed by atoms with Crippen LogP contribution >= 0.6 is 0 Å². The lowest BCUT2D eigenvalue weighted by molar-refractivity contribution is 0.952. The average molecular weight is 172 g/mol. The minimum absolute atomic E-state index is 0.398. The Kier molecular flexibility index (Phi) is 3.37. The molecule has 0 atom stereocenters. The molecule has 1 aromatic carbocycles. The number of nitrogens with zero attached hydrogens (tertiary/aromatic N) is 4. The second kappa shape index (κ2) is 4.81. The van der Waals surface area contributed by atoms with Crippen LogP contribution in [0.1, 0.15) is 11.1 Å². The molecule has 0 aliphatic heterocycles. The summed E-state index contributed by atoms with van der Waals surface area (Å²) < 4.78 is 0. The van der Waals surface area contributed by atoms with Gasteiger partial charge in [-0.1, -0.05) is 23.3 Å². The summed E-state index contributed by atoms with van der Waals surface area (Å²) in [4.78, 5) is 2.65. The summed E-state index contributed by atoms with van der Waals surface area (Å²) in [7, 11) is 0. The molecule has 0 saturated carbocycles. The maximum absolute atomic E-state index is 8.72. The van der Waals surface area contributed by atoms with Crippen LogP contribution in [0.15, 0.2) is 29.4 Å². The molecule has 0 unspecified atom stereocenters. The molecule has 0 fully saturated rings. The molecule has 0 saturated heterocycles. The Morgan fingerprint density at radius 2 is 2.23 bits per heavy atom. The molecular formula is C9H8N4. The van der Waals surface area contributed by atoms with E-state index in [1.165, 1.54) is 0 Å². The van der Waals surface area contributed by atoms with Crippen molar-refractivity contribution >= 4 is 0 Å². The zero-order chi connectivity index (χ0) is 9.52. The topological polar surface area (TPSA) is 72.5 Å². The van der Waals surface area contributed by atoms with E-state index in [0.29, 0.717) is 18.5 Å². The first-order valence-corrected chi connectivity index (χ1v) is 3.87. The molecule has 4 nitrogen and oxygen atoms in total. The quantitative estimate of drug-likeness (QED) is 0.392. The van der Waals surface area contributed by atoms with Crippen molar-refractivity contribution in [1.82, 2.24) is 0 Å². The molecular weight excluding hydrogens is 164 g/mol. The van der Waals surface area contributed by atoms with Crippen LogP contribution < -0.4 is 0 Å². The molecule has 0 aliphatic carbocycles. The molecule has 0 amide bonds. The number of hydrogen-bond acceptors (Lipinski definition) is 2. The number of hydrogen-bond donors (Lipinski definition) is 0. The first kappa shape index (κ1) is 9.11. The van der Waals surface area contributed by atoms with Gasteiger partial charge in [-0.25, -0.2) is 0 Å². The Bertz CT molecular complexity index is 371. The van der Waals surface area contributed by atoms with E-state index in [1.54, 1.807) is 6.07 Å². The van der Waals surface area contributed by atoms with Crippen LogP contribution in [0.4, 0.5) is 0 Å². The van der Waals surface area contributed by atoms with Crippen molar-refractivity contribution < 1.29 is 0 Å². The van der Waals surface area contributed by atoms with E-state index in [-0.39, 0.29) is 0 Å². The summed E-state index contributed by atoms with van der Waals surface area (Å²) in [6.07, 6.45) is 0.619. The third kappa shape index (κ3) is 2.51. The Hall–Kier alpha value is -1.98. The fourth-order valence-electron chi connectivity index (χ4n) is 1.06. The van der Waals surface area contributed by atoms with Gasteiger partial charge in [0.25, 0.3) is 0 Å². The number of azide groups is 1. The minimum Gasteiger partial charge on any atom is -0.192 e. The number of rotatable bonds is 3. The maximum atomic E-state index is 8.72. The van der Waals surface area contributed by atoms with E-state index in [2.05, 4.69) is 16.1 Å². The van der Waals surface area contributed by atoms with Crippen molar-refractivity contribution in [2.75, 3.05) is 6.54 Å². The smallest absolute Gasteiger partial charge is 0.0994 e. The van der Waals surface area contributed by atoms with Crippen LogP contribution in [0.25, 0.3) is 10.4 Å². The van der Waals surface area contributed by atoms with Crippen molar-refractivity contribution in [3.8, 4) is 6.07 Å². The van der Waals surface area contributed by atoms with E-state index >= 15 is 0 Å². The van der Waals surface area contributed by atoms with E-state index in [0.717, 1.165) is 5.56 Å². The Labute approximate surface area is 76.1 Å². The summed E-state index contributed by atoms with van der Waals surface area (Å²) >= 11 is 0. The predicted molar refractivity (Wildman–Crippen MR) is 48.9 cm³/mol. The highest BCUT2D eigenvalue weighted by molar-refractivity contribution is 5.37. The number of benzene rings is 1. The third-order valence-electron chi connectivity index (χ3n) is 1.68. The van der Waals surface area contributed by atoms with Crippen LogP contribution in [-0.2, 0) is 6.42 Å². The second-order valence-electron chi connectivity index (χ2n) is 2.47. The predicted octanol–water partition coefficient (Wildman–Crippen LogP) is 2.41. The molecule has 0 aliphatic rings. The van der Waals surface area contributed by atoms with Crippen LogP contribution in [0.3, 0.4) is 0 Å². The lowest BCUT2D eigenvalue weighted by Gasteiger charge is -1.99. The van der Waals surface area contributed by atoms with Gasteiger partial charge in [0, 0.05) is 11.5 Å². The highest BCUT2D eigenvalue weighted by atomic mass is 15.1. The molecule has 0 aromatic heterocycles. The van der Waals surface area contributed by atoms with Crippen LogP contribution in [-0.4, -0.2) is 6.54 Å².